The number of carbonyl (C=O) groups excluding carboxylic acids is 1. The SMILES string of the molecule is C=CCN(Cc1ccc(C#N)cc1)C(=O)/C=C(/C)c1ccccc1Cl. The Morgan fingerprint density at radius 3 is 2.52 bits per heavy atom. The molecule has 0 saturated heterocycles. The minimum atomic E-state index is -0.110. The molecule has 0 saturated carbocycles. The maximum atomic E-state index is 12.7. The van der Waals surface area contributed by atoms with E-state index < -0.39 is 0 Å². The second-order valence-electron chi connectivity index (χ2n) is 5.62. The third-order valence-electron chi connectivity index (χ3n) is 3.76. The number of benzene rings is 2. The highest BCUT2D eigenvalue weighted by molar-refractivity contribution is 6.32. The van der Waals surface area contributed by atoms with Crippen LogP contribution in [0.2, 0.25) is 5.02 Å². The Kier molecular flexibility index (Phi) is 6.56. The molecule has 0 heterocycles. The van der Waals surface area contributed by atoms with Crippen LogP contribution in [0.25, 0.3) is 5.57 Å². The second kappa shape index (κ2) is 8.86. The van der Waals surface area contributed by atoms with Crippen molar-refractivity contribution in [2.24, 2.45) is 0 Å². The molecule has 0 aliphatic heterocycles. The van der Waals surface area contributed by atoms with Crippen molar-refractivity contribution in [3.63, 3.8) is 0 Å². The monoisotopic (exact) mass is 350 g/mol. The largest absolute Gasteiger partial charge is 0.331 e. The molecule has 0 fully saturated rings. The Balaban J connectivity index is 2.19. The molecule has 2 rings (SSSR count). The first-order valence-corrected chi connectivity index (χ1v) is 8.25. The van der Waals surface area contributed by atoms with Crippen LogP contribution in [0.3, 0.4) is 0 Å². The van der Waals surface area contributed by atoms with Gasteiger partial charge in [0.2, 0.25) is 5.91 Å². The van der Waals surface area contributed by atoms with E-state index in [4.69, 9.17) is 16.9 Å². The number of rotatable bonds is 6. The molecular weight excluding hydrogens is 332 g/mol. The van der Waals surface area contributed by atoms with Gasteiger partial charge in [-0.15, -0.1) is 6.58 Å². The van der Waals surface area contributed by atoms with Crippen LogP contribution >= 0.6 is 11.6 Å². The normalized spacial score (nSPS) is 10.8. The standard InChI is InChI=1S/C21H19ClN2O/c1-3-12-24(15-18-10-8-17(14-23)9-11-18)21(25)13-16(2)19-6-4-5-7-20(19)22/h3-11,13H,1,12,15H2,2H3/b16-13-. The van der Waals surface area contributed by atoms with Crippen molar-refractivity contribution in [3.05, 3.63) is 89.0 Å². The van der Waals surface area contributed by atoms with Gasteiger partial charge in [0, 0.05) is 24.2 Å². The summed E-state index contributed by atoms with van der Waals surface area (Å²) in [7, 11) is 0. The van der Waals surface area contributed by atoms with Gasteiger partial charge < -0.3 is 4.90 Å². The van der Waals surface area contributed by atoms with Crippen LogP contribution in [0.15, 0.2) is 67.3 Å². The maximum absolute atomic E-state index is 12.7. The minimum absolute atomic E-state index is 0.110. The highest BCUT2D eigenvalue weighted by atomic mass is 35.5. The van der Waals surface area contributed by atoms with Gasteiger partial charge in [-0.25, -0.2) is 0 Å². The lowest BCUT2D eigenvalue weighted by Gasteiger charge is -2.20. The smallest absolute Gasteiger partial charge is 0.247 e. The second-order valence-corrected chi connectivity index (χ2v) is 6.03. The molecule has 0 unspecified atom stereocenters. The van der Waals surface area contributed by atoms with Gasteiger partial charge in [0.05, 0.1) is 11.6 Å². The van der Waals surface area contributed by atoms with Crippen LogP contribution in [0, 0.1) is 11.3 Å². The van der Waals surface area contributed by atoms with Crippen molar-refractivity contribution in [1.29, 1.82) is 5.26 Å². The van der Waals surface area contributed by atoms with E-state index >= 15 is 0 Å². The van der Waals surface area contributed by atoms with Crippen LogP contribution in [-0.2, 0) is 11.3 Å². The van der Waals surface area contributed by atoms with Crippen molar-refractivity contribution in [1.82, 2.24) is 4.90 Å². The molecule has 0 atom stereocenters. The van der Waals surface area contributed by atoms with Gasteiger partial charge in [0.25, 0.3) is 0 Å². The number of allylic oxidation sites excluding steroid dienone is 1. The minimum Gasteiger partial charge on any atom is -0.331 e. The molecule has 2 aromatic rings. The Bertz CT molecular complexity index is 832. The van der Waals surface area contributed by atoms with Gasteiger partial charge in [0.1, 0.15) is 0 Å². The lowest BCUT2D eigenvalue weighted by Crippen LogP contribution is -2.29. The predicted molar refractivity (Wildman–Crippen MR) is 102 cm³/mol. The molecule has 126 valence electrons. The summed E-state index contributed by atoms with van der Waals surface area (Å²) in [5.74, 6) is -0.110. The van der Waals surface area contributed by atoms with Crippen LogP contribution in [0.4, 0.5) is 0 Å². The fraction of sp³-hybridized carbons (Fsp3) is 0.143. The van der Waals surface area contributed by atoms with Gasteiger partial charge in [-0.05, 0) is 41.8 Å². The first kappa shape index (κ1) is 18.5. The van der Waals surface area contributed by atoms with E-state index in [1.807, 2.05) is 37.3 Å². The zero-order valence-electron chi connectivity index (χ0n) is 14.1. The third-order valence-corrected chi connectivity index (χ3v) is 4.09. The zero-order chi connectivity index (χ0) is 18.2. The van der Waals surface area contributed by atoms with Crippen molar-refractivity contribution in [3.8, 4) is 6.07 Å². The van der Waals surface area contributed by atoms with E-state index in [0.717, 1.165) is 16.7 Å². The van der Waals surface area contributed by atoms with Gasteiger partial charge in [-0.2, -0.15) is 5.26 Å². The van der Waals surface area contributed by atoms with Crippen molar-refractivity contribution < 1.29 is 4.79 Å². The fourth-order valence-corrected chi connectivity index (χ4v) is 2.71. The van der Waals surface area contributed by atoms with Crippen LogP contribution in [-0.4, -0.2) is 17.4 Å². The first-order chi connectivity index (χ1) is 12.0. The average Bonchev–Trinajstić information content (AvgIpc) is 2.62. The summed E-state index contributed by atoms with van der Waals surface area (Å²) >= 11 is 6.19. The van der Waals surface area contributed by atoms with E-state index in [2.05, 4.69) is 12.6 Å². The molecule has 0 radical (unpaired) electrons. The van der Waals surface area contributed by atoms with Crippen molar-refractivity contribution in [2.45, 2.75) is 13.5 Å². The predicted octanol–water partition coefficient (Wildman–Crippen LogP) is 4.83. The summed E-state index contributed by atoms with van der Waals surface area (Å²) < 4.78 is 0. The molecule has 1 amide bonds. The molecule has 3 nitrogen and oxygen atoms in total. The molecule has 0 aliphatic rings. The third kappa shape index (κ3) is 5.07. The summed E-state index contributed by atoms with van der Waals surface area (Å²) in [5.41, 5.74) is 3.21. The number of nitrogens with zero attached hydrogens (tertiary/aromatic N) is 2. The molecular formula is C21H19ClN2O. The van der Waals surface area contributed by atoms with E-state index in [0.29, 0.717) is 23.7 Å². The topological polar surface area (TPSA) is 44.1 Å². The number of hydrogen-bond acceptors (Lipinski definition) is 2. The average molecular weight is 351 g/mol. The van der Waals surface area contributed by atoms with Gasteiger partial charge in [0.15, 0.2) is 0 Å². The molecule has 0 aliphatic carbocycles. The summed E-state index contributed by atoms with van der Waals surface area (Å²) in [6, 6.07) is 16.7. The summed E-state index contributed by atoms with van der Waals surface area (Å²) in [6.45, 7) is 6.48. The number of carbonyl (C=O) groups is 1. The number of hydrogen-bond donors (Lipinski definition) is 0. The van der Waals surface area contributed by atoms with Crippen LogP contribution in [0.5, 0.6) is 0 Å². The van der Waals surface area contributed by atoms with Crippen LogP contribution < -0.4 is 0 Å². The summed E-state index contributed by atoms with van der Waals surface area (Å²) in [4.78, 5) is 14.4. The molecule has 0 aromatic heterocycles. The Morgan fingerprint density at radius 1 is 1.24 bits per heavy atom. The van der Waals surface area contributed by atoms with Crippen molar-refractivity contribution in [2.75, 3.05) is 6.54 Å². The van der Waals surface area contributed by atoms with Crippen LogP contribution in [0.1, 0.15) is 23.6 Å². The Morgan fingerprint density at radius 2 is 1.92 bits per heavy atom. The molecule has 2 aromatic carbocycles. The molecule has 0 bridgehead atoms. The number of amides is 1. The number of halogens is 1. The highest BCUT2D eigenvalue weighted by Crippen LogP contribution is 2.23. The van der Waals surface area contributed by atoms with Gasteiger partial charge >= 0.3 is 0 Å². The maximum Gasteiger partial charge on any atom is 0.247 e. The highest BCUT2D eigenvalue weighted by Gasteiger charge is 2.12. The lowest BCUT2D eigenvalue weighted by molar-refractivity contribution is -0.126. The van der Waals surface area contributed by atoms with E-state index in [9.17, 15) is 4.79 Å². The van der Waals surface area contributed by atoms with E-state index in [-0.39, 0.29) is 5.91 Å². The Hall–Kier alpha value is -2.83. The molecule has 25 heavy (non-hydrogen) atoms. The van der Waals surface area contributed by atoms with Crippen molar-refractivity contribution >= 4 is 23.1 Å². The molecule has 0 spiro atoms. The quantitative estimate of drug-likeness (QED) is 0.553. The van der Waals surface area contributed by atoms with E-state index in [1.165, 1.54) is 0 Å². The zero-order valence-corrected chi connectivity index (χ0v) is 14.8. The van der Waals surface area contributed by atoms with Gasteiger partial charge in [-0.3, -0.25) is 4.79 Å². The first-order valence-electron chi connectivity index (χ1n) is 7.87. The molecule has 4 heteroatoms. The number of nitriles is 1. The van der Waals surface area contributed by atoms with E-state index in [1.54, 1.807) is 35.3 Å². The Labute approximate surface area is 153 Å². The molecule has 0 N–H and O–H groups in total. The fourth-order valence-electron chi connectivity index (χ4n) is 2.43. The lowest BCUT2D eigenvalue weighted by atomic mass is 10.1. The summed E-state index contributed by atoms with van der Waals surface area (Å²) in [6.07, 6.45) is 3.29. The summed E-state index contributed by atoms with van der Waals surface area (Å²) in [5, 5.41) is 9.48. The van der Waals surface area contributed by atoms with Gasteiger partial charge in [-0.1, -0.05) is 48.0 Å².